The fourth-order valence-electron chi connectivity index (χ4n) is 2.20. The Bertz CT molecular complexity index is 323. The molecule has 0 aromatic heterocycles. The Morgan fingerprint density at radius 2 is 1.41 bits per heavy atom. The minimum Gasteiger partial charge on any atom is -0.481 e. The van der Waals surface area contributed by atoms with Gasteiger partial charge in [-0.05, 0) is 33.6 Å². The SMILES string of the molecule is CC(C)(C)OC(=O)C(N)CCCCCCCCCCC(=O)O. The summed E-state index contributed by atoms with van der Waals surface area (Å²) in [5.41, 5.74) is 5.35. The van der Waals surface area contributed by atoms with Crippen LogP contribution in [0.3, 0.4) is 0 Å². The number of ether oxygens (including phenoxy) is 1. The molecule has 0 aliphatic heterocycles. The smallest absolute Gasteiger partial charge is 0.323 e. The average molecular weight is 315 g/mol. The zero-order valence-corrected chi connectivity index (χ0v) is 14.4. The highest BCUT2D eigenvalue weighted by atomic mass is 16.6. The minimum atomic E-state index is -0.707. The number of hydrogen-bond donors (Lipinski definition) is 2. The minimum absolute atomic E-state index is 0.280. The van der Waals surface area contributed by atoms with E-state index in [1.165, 1.54) is 0 Å². The van der Waals surface area contributed by atoms with Crippen molar-refractivity contribution in [2.75, 3.05) is 0 Å². The summed E-state index contributed by atoms with van der Waals surface area (Å²) in [6, 6.07) is -0.518. The standard InChI is InChI=1S/C17H33NO4/c1-17(2,3)22-16(21)14(18)12-10-8-6-4-5-7-9-11-13-15(19)20/h14H,4-13,18H2,1-3H3,(H,19,20). The molecule has 0 saturated carbocycles. The molecule has 0 heterocycles. The fraction of sp³-hybridized carbons (Fsp3) is 0.882. The van der Waals surface area contributed by atoms with Gasteiger partial charge in [0.25, 0.3) is 0 Å². The highest BCUT2D eigenvalue weighted by Crippen LogP contribution is 2.13. The molecule has 1 atom stereocenters. The molecule has 1 unspecified atom stereocenters. The molecule has 0 fully saturated rings. The van der Waals surface area contributed by atoms with E-state index in [-0.39, 0.29) is 12.4 Å². The molecule has 0 radical (unpaired) electrons. The van der Waals surface area contributed by atoms with Crippen LogP contribution in [-0.4, -0.2) is 28.7 Å². The van der Waals surface area contributed by atoms with Gasteiger partial charge in [-0.1, -0.05) is 44.9 Å². The second-order valence-electron chi connectivity index (χ2n) is 6.90. The molecule has 0 bridgehead atoms. The fourth-order valence-corrected chi connectivity index (χ4v) is 2.20. The first-order chi connectivity index (χ1) is 10.2. The van der Waals surface area contributed by atoms with Gasteiger partial charge in [-0.25, -0.2) is 0 Å². The van der Waals surface area contributed by atoms with E-state index < -0.39 is 17.6 Å². The third-order valence-corrected chi connectivity index (χ3v) is 3.37. The molecule has 5 heteroatoms. The largest absolute Gasteiger partial charge is 0.481 e. The second kappa shape index (κ2) is 11.5. The summed E-state index contributed by atoms with van der Waals surface area (Å²) in [4.78, 5) is 22.0. The summed E-state index contributed by atoms with van der Waals surface area (Å²) in [7, 11) is 0. The first kappa shape index (κ1) is 20.9. The highest BCUT2D eigenvalue weighted by Gasteiger charge is 2.21. The number of esters is 1. The van der Waals surface area contributed by atoms with Crippen molar-refractivity contribution in [2.45, 2.75) is 96.6 Å². The maximum absolute atomic E-state index is 11.7. The van der Waals surface area contributed by atoms with Crippen LogP contribution < -0.4 is 5.73 Å². The summed E-state index contributed by atoms with van der Waals surface area (Å²) in [5.74, 6) is -1.02. The van der Waals surface area contributed by atoms with Crippen molar-refractivity contribution in [3.8, 4) is 0 Å². The van der Waals surface area contributed by atoms with E-state index in [9.17, 15) is 9.59 Å². The molecular weight excluding hydrogens is 282 g/mol. The third-order valence-electron chi connectivity index (χ3n) is 3.37. The Labute approximate surface area is 134 Å². The Kier molecular flexibility index (Phi) is 10.9. The van der Waals surface area contributed by atoms with Gasteiger partial charge >= 0.3 is 11.9 Å². The van der Waals surface area contributed by atoms with Crippen LogP contribution in [0.2, 0.25) is 0 Å². The number of hydrogen-bond acceptors (Lipinski definition) is 4. The summed E-state index contributed by atoms with van der Waals surface area (Å²) in [6.45, 7) is 5.52. The van der Waals surface area contributed by atoms with Crippen molar-refractivity contribution < 1.29 is 19.4 Å². The van der Waals surface area contributed by atoms with Gasteiger partial charge in [0.05, 0.1) is 0 Å². The molecule has 3 N–H and O–H groups in total. The number of aliphatic carboxylic acids is 1. The molecule has 0 rings (SSSR count). The van der Waals surface area contributed by atoms with Crippen LogP contribution in [0.1, 0.15) is 85.0 Å². The van der Waals surface area contributed by atoms with Crippen molar-refractivity contribution >= 4 is 11.9 Å². The lowest BCUT2D eigenvalue weighted by Crippen LogP contribution is -2.37. The number of nitrogens with two attached hydrogens (primary N) is 1. The monoisotopic (exact) mass is 315 g/mol. The number of carboxylic acid groups (broad SMARTS) is 1. The van der Waals surface area contributed by atoms with Crippen LogP contribution in [0, 0.1) is 0 Å². The second-order valence-corrected chi connectivity index (χ2v) is 6.90. The molecule has 0 aliphatic rings. The molecular formula is C17H33NO4. The molecule has 22 heavy (non-hydrogen) atoms. The van der Waals surface area contributed by atoms with Crippen molar-refractivity contribution in [1.82, 2.24) is 0 Å². The van der Waals surface area contributed by atoms with Crippen molar-refractivity contribution in [3.63, 3.8) is 0 Å². The molecule has 0 saturated heterocycles. The number of carbonyl (C=O) groups excluding carboxylic acids is 1. The van der Waals surface area contributed by atoms with E-state index in [0.29, 0.717) is 6.42 Å². The van der Waals surface area contributed by atoms with Crippen LogP contribution in [0.25, 0.3) is 0 Å². The molecule has 0 aromatic carbocycles. The first-order valence-corrected chi connectivity index (χ1v) is 8.42. The zero-order chi connectivity index (χ0) is 17.0. The molecule has 0 aromatic rings. The van der Waals surface area contributed by atoms with E-state index in [2.05, 4.69) is 0 Å². The van der Waals surface area contributed by atoms with Crippen LogP contribution in [-0.2, 0) is 14.3 Å². The molecule has 0 aliphatic carbocycles. The lowest BCUT2D eigenvalue weighted by molar-refractivity contribution is -0.156. The van der Waals surface area contributed by atoms with Crippen molar-refractivity contribution in [3.05, 3.63) is 0 Å². The van der Waals surface area contributed by atoms with E-state index >= 15 is 0 Å². The summed E-state index contributed by atoms with van der Waals surface area (Å²) in [6.07, 6.45) is 9.30. The van der Waals surface area contributed by atoms with E-state index in [1.54, 1.807) is 0 Å². The predicted molar refractivity (Wildman–Crippen MR) is 87.6 cm³/mol. The molecule has 5 nitrogen and oxygen atoms in total. The van der Waals surface area contributed by atoms with Gasteiger partial charge in [0, 0.05) is 6.42 Å². The third kappa shape index (κ3) is 13.9. The van der Waals surface area contributed by atoms with Gasteiger partial charge in [-0.2, -0.15) is 0 Å². The Morgan fingerprint density at radius 3 is 1.86 bits per heavy atom. The molecule has 0 amide bonds. The van der Waals surface area contributed by atoms with E-state index in [1.807, 2.05) is 20.8 Å². The quantitative estimate of drug-likeness (QED) is 0.424. The van der Waals surface area contributed by atoms with Crippen LogP contribution >= 0.6 is 0 Å². The number of unbranched alkanes of at least 4 members (excludes halogenated alkanes) is 7. The van der Waals surface area contributed by atoms with Gasteiger partial charge in [-0.15, -0.1) is 0 Å². The normalized spacial score (nSPS) is 12.9. The summed E-state index contributed by atoms with van der Waals surface area (Å²) in [5, 5.41) is 8.52. The van der Waals surface area contributed by atoms with E-state index in [0.717, 1.165) is 51.4 Å². The van der Waals surface area contributed by atoms with Crippen molar-refractivity contribution in [2.24, 2.45) is 5.73 Å². The lowest BCUT2D eigenvalue weighted by Gasteiger charge is -2.22. The lowest BCUT2D eigenvalue weighted by atomic mass is 10.0. The van der Waals surface area contributed by atoms with Gasteiger partial charge < -0.3 is 15.6 Å². The maximum atomic E-state index is 11.7. The number of rotatable bonds is 12. The number of carboxylic acids is 1. The highest BCUT2D eigenvalue weighted by molar-refractivity contribution is 5.75. The predicted octanol–water partition coefficient (Wildman–Crippen LogP) is 3.64. The Morgan fingerprint density at radius 1 is 0.955 bits per heavy atom. The van der Waals surface area contributed by atoms with E-state index in [4.69, 9.17) is 15.6 Å². The van der Waals surface area contributed by atoms with Gasteiger partial charge in [0.15, 0.2) is 0 Å². The Balaban J connectivity index is 3.42. The first-order valence-electron chi connectivity index (χ1n) is 8.42. The summed E-state index contributed by atoms with van der Waals surface area (Å²) < 4.78 is 5.24. The topological polar surface area (TPSA) is 89.6 Å². The van der Waals surface area contributed by atoms with Gasteiger partial charge in [0.1, 0.15) is 11.6 Å². The van der Waals surface area contributed by atoms with Crippen LogP contribution in [0.15, 0.2) is 0 Å². The maximum Gasteiger partial charge on any atom is 0.323 e. The van der Waals surface area contributed by atoms with Gasteiger partial charge in [0.2, 0.25) is 0 Å². The summed E-state index contributed by atoms with van der Waals surface area (Å²) >= 11 is 0. The van der Waals surface area contributed by atoms with Gasteiger partial charge in [-0.3, -0.25) is 9.59 Å². The zero-order valence-electron chi connectivity index (χ0n) is 14.4. The van der Waals surface area contributed by atoms with Crippen molar-refractivity contribution in [1.29, 1.82) is 0 Å². The average Bonchev–Trinajstić information content (AvgIpc) is 2.38. The Hall–Kier alpha value is -1.10. The van der Waals surface area contributed by atoms with Crippen LogP contribution in [0.4, 0.5) is 0 Å². The molecule has 130 valence electrons. The molecule has 0 spiro atoms. The van der Waals surface area contributed by atoms with Crippen LogP contribution in [0.5, 0.6) is 0 Å². The number of carbonyl (C=O) groups is 2.